The van der Waals surface area contributed by atoms with Gasteiger partial charge < -0.3 is 4.74 Å². The fourth-order valence-electron chi connectivity index (χ4n) is 2.07. The molecule has 2 aromatic carbocycles. The van der Waals surface area contributed by atoms with Crippen LogP contribution in [0.15, 0.2) is 42.5 Å². The number of hydrogen-bond acceptors (Lipinski definition) is 4. The smallest absolute Gasteiger partial charge is 0.166 e. The summed E-state index contributed by atoms with van der Waals surface area (Å²) in [5.41, 5.74) is 2.29. The van der Waals surface area contributed by atoms with Crippen LogP contribution in [0.5, 0.6) is 5.75 Å². The van der Waals surface area contributed by atoms with E-state index in [2.05, 4.69) is 15.4 Å². The van der Waals surface area contributed by atoms with Gasteiger partial charge in [0.1, 0.15) is 18.4 Å². The molecule has 0 saturated heterocycles. The first kappa shape index (κ1) is 15.0. The summed E-state index contributed by atoms with van der Waals surface area (Å²) >= 11 is 5.70. The van der Waals surface area contributed by atoms with Gasteiger partial charge in [0.15, 0.2) is 17.3 Å². The molecule has 0 radical (unpaired) electrons. The minimum atomic E-state index is -0.517. The minimum absolute atomic E-state index is 0.124. The molecular weight excluding hydrogens is 319 g/mol. The Bertz CT molecular complexity index is 888. The Balaban J connectivity index is 1.79. The first-order valence-electron chi connectivity index (χ1n) is 6.65. The van der Waals surface area contributed by atoms with Crippen molar-refractivity contribution in [2.45, 2.75) is 6.61 Å². The number of halogens is 2. The molecule has 0 unspecified atom stereocenters. The summed E-state index contributed by atoms with van der Waals surface area (Å²) in [7, 11) is 0. The number of hydrogen-bond donors (Lipinski definition) is 1. The predicted octanol–water partition coefficient (Wildman–Crippen LogP) is 3.71. The Hall–Kier alpha value is -2.91. The maximum atomic E-state index is 13.7. The molecular formula is C16H10ClFN4O. The number of H-pyrrole nitrogens is 1. The van der Waals surface area contributed by atoms with Crippen LogP contribution in [0.3, 0.4) is 0 Å². The van der Waals surface area contributed by atoms with Gasteiger partial charge in [-0.15, -0.1) is 5.10 Å². The number of benzene rings is 2. The first-order chi connectivity index (χ1) is 11.2. The van der Waals surface area contributed by atoms with Crippen molar-refractivity contribution in [3.05, 3.63) is 64.6 Å². The van der Waals surface area contributed by atoms with Gasteiger partial charge in [0.2, 0.25) is 0 Å². The van der Waals surface area contributed by atoms with E-state index in [1.54, 1.807) is 6.07 Å². The quantitative estimate of drug-likeness (QED) is 0.792. The molecule has 0 bridgehead atoms. The lowest BCUT2D eigenvalue weighted by atomic mass is 10.1. The number of aromatic nitrogens is 3. The zero-order valence-corrected chi connectivity index (χ0v) is 12.5. The van der Waals surface area contributed by atoms with Crippen LogP contribution < -0.4 is 4.74 Å². The van der Waals surface area contributed by atoms with Gasteiger partial charge in [0, 0.05) is 10.6 Å². The average molecular weight is 329 g/mol. The highest BCUT2D eigenvalue weighted by Crippen LogP contribution is 2.24. The van der Waals surface area contributed by atoms with Crippen molar-refractivity contribution < 1.29 is 9.13 Å². The molecule has 1 aromatic heterocycles. The third kappa shape index (κ3) is 3.30. The van der Waals surface area contributed by atoms with Crippen molar-refractivity contribution in [3.8, 4) is 23.1 Å². The summed E-state index contributed by atoms with van der Waals surface area (Å²) in [6.45, 7) is 0.173. The Kier molecular flexibility index (Phi) is 4.22. The molecule has 3 rings (SSSR count). The van der Waals surface area contributed by atoms with E-state index < -0.39 is 5.82 Å². The number of aromatic amines is 1. The Morgan fingerprint density at radius 2 is 2.13 bits per heavy atom. The van der Waals surface area contributed by atoms with Gasteiger partial charge in [0.05, 0.1) is 0 Å². The van der Waals surface area contributed by atoms with Crippen LogP contribution in [0.25, 0.3) is 11.3 Å². The van der Waals surface area contributed by atoms with Crippen molar-refractivity contribution >= 4 is 11.6 Å². The number of rotatable bonds is 4. The molecule has 0 spiro atoms. The molecule has 5 nitrogen and oxygen atoms in total. The topological polar surface area (TPSA) is 74.6 Å². The van der Waals surface area contributed by atoms with Gasteiger partial charge in [-0.2, -0.15) is 5.26 Å². The van der Waals surface area contributed by atoms with Crippen molar-refractivity contribution in [3.63, 3.8) is 0 Å². The van der Waals surface area contributed by atoms with Crippen molar-refractivity contribution in [2.24, 2.45) is 0 Å². The van der Waals surface area contributed by atoms with Crippen LogP contribution >= 0.6 is 11.6 Å². The first-order valence-corrected chi connectivity index (χ1v) is 7.03. The molecule has 7 heteroatoms. The largest absolute Gasteiger partial charge is 0.486 e. The number of nitrogens with zero attached hydrogens (tertiary/aromatic N) is 3. The van der Waals surface area contributed by atoms with E-state index in [9.17, 15) is 4.39 Å². The summed E-state index contributed by atoms with van der Waals surface area (Å²) in [5.74, 6) is -0.393. The molecule has 0 atom stereocenters. The second-order valence-corrected chi connectivity index (χ2v) is 5.15. The Morgan fingerprint density at radius 1 is 1.26 bits per heavy atom. The molecule has 0 aliphatic carbocycles. The highest BCUT2D eigenvalue weighted by molar-refractivity contribution is 6.30. The zero-order valence-electron chi connectivity index (χ0n) is 11.8. The molecule has 0 saturated carbocycles. The summed E-state index contributed by atoms with van der Waals surface area (Å²) in [6, 6.07) is 13.5. The van der Waals surface area contributed by atoms with Crippen molar-refractivity contribution in [1.82, 2.24) is 15.4 Å². The standard InChI is InChI=1S/C16H10ClFN4O/c17-12-4-5-15(13(18)7-12)23-9-10-2-1-3-11(6-10)16-14(8-19)20-22-21-16/h1-7H,9H2,(H,20,21,22). The van der Waals surface area contributed by atoms with Gasteiger partial charge >= 0.3 is 0 Å². The average Bonchev–Trinajstić information content (AvgIpc) is 3.03. The molecule has 0 aliphatic rings. The van der Waals surface area contributed by atoms with Crippen LogP contribution in [0, 0.1) is 17.1 Å². The van der Waals surface area contributed by atoms with Gasteiger partial charge in [0.25, 0.3) is 0 Å². The number of ether oxygens (including phenoxy) is 1. The molecule has 0 fully saturated rings. The lowest BCUT2D eigenvalue weighted by Crippen LogP contribution is -1.98. The van der Waals surface area contributed by atoms with Gasteiger partial charge in [-0.3, -0.25) is 0 Å². The van der Waals surface area contributed by atoms with Gasteiger partial charge in [-0.05, 0) is 29.8 Å². The molecule has 1 heterocycles. The fourth-order valence-corrected chi connectivity index (χ4v) is 2.23. The lowest BCUT2D eigenvalue weighted by molar-refractivity contribution is 0.290. The highest BCUT2D eigenvalue weighted by Gasteiger charge is 2.10. The number of nitrogens with one attached hydrogen (secondary N) is 1. The van der Waals surface area contributed by atoms with E-state index in [1.165, 1.54) is 12.1 Å². The molecule has 1 N–H and O–H groups in total. The molecule has 114 valence electrons. The fraction of sp³-hybridized carbons (Fsp3) is 0.0625. The van der Waals surface area contributed by atoms with E-state index >= 15 is 0 Å². The number of nitriles is 1. The van der Waals surface area contributed by atoms with Crippen LogP contribution in [0.4, 0.5) is 4.39 Å². The van der Waals surface area contributed by atoms with E-state index in [0.717, 1.165) is 11.1 Å². The zero-order chi connectivity index (χ0) is 16.2. The highest BCUT2D eigenvalue weighted by atomic mass is 35.5. The summed E-state index contributed by atoms with van der Waals surface area (Å²) in [5, 5.41) is 19.4. The summed E-state index contributed by atoms with van der Waals surface area (Å²) in [4.78, 5) is 0. The Labute approximate surface area is 136 Å². The second-order valence-electron chi connectivity index (χ2n) is 4.71. The maximum absolute atomic E-state index is 13.7. The lowest BCUT2D eigenvalue weighted by Gasteiger charge is -2.08. The van der Waals surface area contributed by atoms with E-state index in [1.807, 2.05) is 30.3 Å². The third-order valence-corrected chi connectivity index (χ3v) is 3.38. The molecule has 23 heavy (non-hydrogen) atoms. The van der Waals surface area contributed by atoms with Crippen molar-refractivity contribution in [2.75, 3.05) is 0 Å². The SMILES string of the molecule is N#Cc1[nH]nnc1-c1cccc(COc2ccc(Cl)cc2F)c1. The minimum Gasteiger partial charge on any atom is -0.486 e. The van der Waals surface area contributed by atoms with E-state index in [0.29, 0.717) is 10.7 Å². The Morgan fingerprint density at radius 3 is 2.91 bits per heavy atom. The summed E-state index contributed by atoms with van der Waals surface area (Å²) in [6.07, 6.45) is 0. The van der Waals surface area contributed by atoms with Crippen LogP contribution in [-0.2, 0) is 6.61 Å². The molecule has 0 aliphatic heterocycles. The van der Waals surface area contributed by atoms with E-state index in [4.69, 9.17) is 21.6 Å². The van der Waals surface area contributed by atoms with Crippen LogP contribution in [-0.4, -0.2) is 15.4 Å². The van der Waals surface area contributed by atoms with Gasteiger partial charge in [-0.1, -0.05) is 35.0 Å². The van der Waals surface area contributed by atoms with Crippen LogP contribution in [0.1, 0.15) is 11.3 Å². The van der Waals surface area contributed by atoms with E-state index in [-0.39, 0.29) is 18.1 Å². The van der Waals surface area contributed by atoms with Gasteiger partial charge in [-0.25, -0.2) is 9.49 Å². The molecule has 0 amide bonds. The molecule has 3 aromatic rings. The third-order valence-electron chi connectivity index (χ3n) is 3.15. The normalized spacial score (nSPS) is 10.3. The summed E-state index contributed by atoms with van der Waals surface area (Å²) < 4.78 is 19.2. The van der Waals surface area contributed by atoms with Crippen molar-refractivity contribution in [1.29, 1.82) is 5.26 Å². The maximum Gasteiger partial charge on any atom is 0.166 e. The van der Waals surface area contributed by atoms with Crippen LogP contribution in [0.2, 0.25) is 5.02 Å². The predicted molar refractivity (Wildman–Crippen MR) is 82.3 cm³/mol. The second kappa shape index (κ2) is 6.46. The monoisotopic (exact) mass is 328 g/mol.